The second-order valence-electron chi connectivity index (χ2n) is 13.8. The van der Waals surface area contributed by atoms with Gasteiger partial charge in [0.25, 0.3) is 0 Å². The number of fused-ring (bicyclic) bond motifs is 2. The van der Waals surface area contributed by atoms with Crippen LogP contribution in [0, 0.1) is 28.6 Å². The maximum absolute atomic E-state index is 11.8. The van der Waals surface area contributed by atoms with Gasteiger partial charge in [-0.3, -0.25) is 0 Å². The van der Waals surface area contributed by atoms with E-state index in [0.29, 0.717) is 30.8 Å². The molecule has 0 unspecified atom stereocenters. The molecule has 0 aromatic rings. The van der Waals surface area contributed by atoms with E-state index in [1.807, 2.05) is 6.92 Å². The Kier molecular flexibility index (Phi) is 5.58. The Labute approximate surface area is 220 Å². The van der Waals surface area contributed by atoms with Crippen LogP contribution in [0.5, 0.6) is 0 Å². The first-order valence-electron chi connectivity index (χ1n) is 14.7. The lowest BCUT2D eigenvalue weighted by atomic mass is 9.44. The minimum absolute atomic E-state index is 0.0153. The first-order chi connectivity index (χ1) is 17.7. The average Bonchev–Trinajstić information content (AvgIpc) is 3.18. The summed E-state index contributed by atoms with van der Waals surface area (Å²) in [6.45, 7) is 7.37. The number of epoxide rings is 1. The second-order valence-corrected chi connectivity index (χ2v) is 13.8. The van der Waals surface area contributed by atoms with Gasteiger partial charge < -0.3 is 28.8 Å². The predicted octanol–water partition coefficient (Wildman–Crippen LogP) is 4.30. The first-order valence-corrected chi connectivity index (χ1v) is 14.7. The van der Waals surface area contributed by atoms with Gasteiger partial charge >= 0.3 is 5.97 Å². The highest BCUT2D eigenvalue weighted by molar-refractivity contribution is 5.85. The van der Waals surface area contributed by atoms with Crippen molar-refractivity contribution in [2.75, 3.05) is 13.7 Å². The molecule has 0 bridgehead atoms. The second kappa shape index (κ2) is 8.26. The molecule has 12 atom stereocenters. The third kappa shape index (κ3) is 3.27. The monoisotopic (exact) mass is 516 g/mol. The summed E-state index contributed by atoms with van der Waals surface area (Å²) in [6, 6.07) is 0. The van der Waals surface area contributed by atoms with Crippen molar-refractivity contribution in [3.05, 3.63) is 11.6 Å². The molecule has 0 aromatic heterocycles. The molecular formula is C30H44O7. The first kappa shape index (κ1) is 25.0. The van der Waals surface area contributed by atoms with Crippen molar-refractivity contribution >= 4 is 5.97 Å². The maximum atomic E-state index is 11.8. The number of esters is 1. The van der Waals surface area contributed by atoms with E-state index in [9.17, 15) is 9.90 Å². The molecule has 3 heterocycles. The van der Waals surface area contributed by atoms with Crippen molar-refractivity contribution < 1.29 is 33.6 Å². The highest BCUT2D eigenvalue weighted by Gasteiger charge is 2.86. The van der Waals surface area contributed by atoms with Gasteiger partial charge in [0.2, 0.25) is 0 Å². The summed E-state index contributed by atoms with van der Waals surface area (Å²) >= 11 is 0. The van der Waals surface area contributed by atoms with Crippen molar-refractivity contribution in [2.45, 2.75) is 127 Å². The van der Waals surface area contributed by atoms with Gasteiger partial charge in [-0.2, -0.15) is 0 Å². The number of ether oxygens (including phenoxy) is 5. The Morgan fingerprint density at radius 3 is 2.65 bits per heavy atom. The van der Waals surface area contributed by atoms with Gasteiger partial charge in [-0.25, -0.2) is 4.79 Å². The molecule has 0 aromatic carbocycles. The summed E-state index contributed by atoms with van der Waals surface area (Å²) in [5, 5.41) is 10.3. The molecule has 4 saturated carbocycles. The van der Waals surface area contributed by atoms with Crippen LogP contribution in [-0.2, 0) is 28.5 Å². The van der Waals surface area contributed by atoms with Gasteiger partial charge in [-0.15, -0.1) is 0 Å². The minimum Gasteiger partial charge on any atom is -0.458 e. The quantitative estimate of drug-likeness (QED) is 0.339. The fraction of sp³-hybridized carbons (Fsp3) is 0.900. The molecule has 0 amide bonds. The number of cyclic esters (lactones) is 1. The molecule has 1 N–H and O–H groups in total. The molecular weight excluding hydrogens is 472 g/mol. The Balaban J connectivity index is 1.06. The molecule has 7 aliphatic rings. The van der Waals surface area contributed by atoms with E-state index in [1.54, 1.807) is 13.2 Å². The van der Waals surface area contributed by atoms with Crippen LogP contribution in [0.1, 0.15) is 85.0 Å². The van der Waals surface area contributed by atoms with Crippen LogP contribution in [0.3, 0.4) is 0 Å². The fourth-order valence-corrected chi connectivity index (χ4v) is 10.6. The lowest BCUT2D eigenvalue weighted by molar-refractivity contribution is -0.271. The van der Waals surface area contributed by atoms with Crippen LogP contribution in [-0.4, -0.2) is 66.7 Å². The number of carbonyl (C=O) groups excluding carboxylic acids is 1. The number of aliphatic hydroxyl groups is 1. The summed E-state index contributed by atoms with van der Waals surface area (Å²) < 4.78 is 30.4. The normalized spacial score (nSPS) is 56.5. The van der Waals surface area contributed by atoms with Crippen LogP contribution in [0.2, 0.25) is 0 Å². The average molecular weight is 517 g/mol. The molecule has 37 heavy (non-hydrogen) atoms. The van der Waals surface area contributed by atoms with E-state index in [0.717, 1.165) is 32.1 Å². The largest absolute Gasteiger partial charge is 0.458 e. The Bertz CT molecular complexity index is 996. The van der Waals surface area contributed by atoms with E-state index >= 15 is 0 Å². The molecule has 2 saturated heterocycles. The number of rotatable bonds is 4. The van der Waals surface area contributed by atoms with Crippen LogP contribution in [0.4, 0.5) is 0 Å². The molecule has 7 nitrogen and oxygen atoms in total. The summed E-state index contributed by atoms with van der Waals surface area (Å²) in [5.74, 6) is 1.47. The van der Waals surface area contributed by atoms with E-state index < -0.39 is 6.10 Å². The zero-order chi connectivity index (χ0) is 25.8. The van der Waals surface area contributed by atoms with E-state index in [-0.39, 0.29) is 52.6 Å². The third-order valence-corrected chi connectivity index (χ3v) is 12.6. The van der Waals surface area contributed by atoms with Crippen molar-refractivity contribution in [1.29, 1.82) is 0 Å². The van der Waals surface area contributed by atoms with Crippen LogP contribution in [0.25, 0.3) is 0 Å². The number of hydrogen-bond acceptors (Lipinski definition) is 7. The topological polar surface area (TPSA) is 86.8 Å². The van der Waals surface area contributed by atoms with Crippen molar-refractivity contribution in [2.24, 2.45) is 28.6 Å². The van der Waals surface area contributed by atoms with Crippen LogP contribution < -0.4 is 0 Å². The number of hydrogen-bond donors (Lipinski definition) is 1. The third-order valence-electron chi connectivity index (χ3n) is 12.6. The number of aliphatic hydroxyl groups excluding tert-OH is 1. The minimum atomic E-state index is -0.606. The lowest BCUT2D eigenvalue weighted by Gasteiger charge is -2.58. The molecule has 3 aliphatic heterocycles. The number of methoxy groups -OCH3 is 1. The summed E-state index contributed by atoms with van der Waals surface area (Å²) in [7, 11) is 1.65. The van der Waals surface area contributed by atoms with Crippen molar-refractivity contribution in [3.63, 3.8) is 0 Å². The summed E-state index contributed by atoms with van der Waals surface area (Å²) in [5.41, 5.74) is 1.57. The highest BCUT2D eigenvalue weighted by atomic mass is 16.7. The van der Waals surface area contributed by atoms with E-state index in [2.05, 4.69) is 13.8 Å². The highest BCUT2D eigenvalue weighted by Crippen LogP contribution is 2.81. The zero-order valence-corrected chi connectivity index (χ0v) is 22.9. The standard InChI is InChI=1S/C30H44O7/c1-17-26(32)22(33-4)15-25(35-17)36-20-6-9-27(2)19(14-20)5-11-29-23(27)8-10-28(3)21(7-12-30(28,29)37-29)18-13-24(31)34-16-18/h13,17,19-23,25-26,32H,5-12,14-16H2,1-4H3/t17-,19-,20+,21-,22+,23-,25+,26+,27+,28-,29+,30-/m1/s1. The van der Waals surface area contributed by atoms with E-state index in [4.69, 9.17) is 23.7 Å². The molecule has 7 heteroatoms. The van der Waals surface area contributed by atoms with Crippen LogP contribution >= 0.6 is 0 Å². The SMILES string of the molecule is CO[C@H]1C[C@H](O[C@H]2CC[C@@]3(C)[C@H](CC[C@@]45O[C@@]46CC[C@H](C4=CC(=O)OC4)[C@@]6(C)CC[C@H]35)C2)O[C@H](C)[C@@H]1O. The molecule has 7 rings (SSSR count). The van der Waals surface area contributed by atoms with Gasteiger partial charge in [0.15, 0.2) is 6.29 Å². The van der Waals surface area contributed by atoms with Gasteiger partial charge in [0.05, 0.1) is 18.3 Å². The van der Waals surface area contributed by atoms with E-state index in [1.165, 1.54) is 31.3 Å². The Morgan fingerprint density at radius 2 is 1.89 bits per heavy atom. The Morgan fingerprint density at radius 1 is 1.05 bits per heavy atom. The van der Waals surface area contributed by atoms with Crippen molar-refractivity contribution in [3.8, 4) is 0 Å². The molecule has 0 radical (unpaired) electrons. The fourth-order valence-electron chi connectivity index (χ4n) is 10.6. The van der Waals surface area contributed by atoms with Crippen molar-refractivity contribution in [1.82, 2.24) is 0 Å². The Hall–Kier alpha value is -0.990. The lowest BCUT2D eigenvalue weighted by Crippen LogP contribution is -2.59. The molecule has 6 fully saturated rings. The predicted molar refractivity (Wildman–Crippen MR) is 134 cm³/mol. The summed E-state index contributed by atoms with van der Waals surface area (Å²) in [6.07, 6.45) is 11.4. The molecule has 206 valence electrons. The van der Waals surface area contributed by atoms with Gasteiger partial charge in [0, 0.05) is 25.0 Å². The smallest absolute Gasteiger partial charge is 0.331 e. The molecule has 2 spiro atoms. The van der Waals surface area contributed by atoms with Gasteiger partial charge in [-0.1, -0.05) is 13.8 Å². The van der Waals surface area contributed by atoms with Crippen LogP contribution in [0.15, 0.2) is 11.6 Å². The summed E-state index contributed by atoms with van der Waals surface area (Å²) in [4.78, 5) is 11.8. The maximum Gasteiger partial charge on any atom is 0.331 e. The van der Waals surface area contributed by atoms with Gasteiger partial charge in [0.1, 0.15) is 23.9 Å². The molecule has 4 aliphatic carbocycles. The number of carbonyl (C=O) groups is 1. The zero-order valence-electron chi connectivity index (χ0n) is 22.9. The van der Waals surface area contributed by atoms with Gasteiger partial charge in [-0.05, 0) is 93.5 Å².